The number of carbonyl (C=O) groups excluding carboxylic acids is 1. The average Bonchev–Trinajstić information content (AvgIpc) is 2.27. The van der Waals surface area contributed by atoms with Crippen LogP contribution >= 0.6 is 0 Å². The molecule has 0 saturated heterocycles. The minimum absolute atomic E-state index is 0.0681. The van der Waals surface area contributed by atoms with Crippen molar-refractivity contribution in [2.45, 2.75) is 39.2 Å². The second kappa shape index (κ2) is 5.67. The molecular weight excluding hydrogens is 228 g/mol. The van der Waals surface area contributed by atoms with Crippen molar-refractivity contribution in [1.82, 2.24) is 0 Å². The predicted octanol–water partition coefficient (Wildman–Crippen LogP) is 2.94. The molecule has 4 heteroatoms. The van der Waals surface area contributed by atoms with Crippen molar-refractivity contribution in [2.75, 3.05) is 5.32 Å². The Hall–Kier alpha value is -1.84. The average molecular weight is 246 g/mol. The molecule has 0 atom stereocenters. The lowest BCUT2D eigenvalue weighted by molar-refractivity contribution is -0.114. The summed E-state index contributed by atoms with van der Waals surface area (Å²) < 4.78 is 0. The van der Waals surface area contributed by atoms with Crippen LogP contribution < -0.4 is 5.32 Å². The summed E-state index contributed by atoms with van der Waals surface area (Å²) >= 11 is 0. The van der Waals surface area contributed by atoms with Gasteiger partial charge in [0.25, 0.3) is 0 Å². The lowest BCUT2D eigenvalue weighted by atomic mass is 9.97. The van der Waals surface area contributed by atoms with Crippen LogP contribution in [0, 0.1) is 0 Å². The van der Waals surface area contributed by atoms with Gasteiger partial charge in [-0.25, -0.2) is 0 Å². The molecule has 1 aliphatic rings. The number of nitrogens with zero attached hydrogens (tertiary/aromatic N) is 1. The summed E-state index contributed by atoms with van der Waals surface area (Å²) in [6, 6.07) is 7.57. The van der Waals surface area contributed by atoms with Crippen LogP contribution in [0.15, 0.2) is 29.4 Å². The molecule has 0 unspecified atom stereocenters. The molecule has 1 N–H and O–H groups in total. The van der Waals surface area contributed by atoms with Crippen LogP contribution in [0.4, 0.5) is 5.69 Å². The summed E-state index contributed by atoms with van der Waals surface area (Å²) in [5.74, 6) is -0.0681. The summed E-state index contributed by atoms with van der Waals surface area (Å²) in [5.41, 5.74) is 2.65. The standard InChI is InChI=1S/C14H18N2O2/c1-10(16-18-14-4-3-5-14)12-6-8-13(9-7-12)15-11(2)17/h6-9,14H,3-5H2,1-2H3,(H,15,17). The molecular formula is C14H18N2O2. The summed E-state index contributed by atoms with van der Waals surface area (Å²) in [6.07, 6.45) is 3.76. The van der Waals surface area contributed by atoms with Gasteiger partial charge in [0.1, 0.15) is 6.10 Å². The molecule has 2 rings (SSSR count). The smallest absolute Gasteiger partial charge is 0.221 e. The zero-order valence-electron chi connectivity index (χ0n) is 10.8. The van der Waals surface area contributed by atoms with Crippen LogP contribution in [-0.4, -0.2) is 17.7 Å². The Morgan fingerprint density at radius 2 is 1.94 bits per heavy atom. The lowest BCUT2D eigenvalue weighted by Gasteiger charge is -2.22. The van der Waals surface area contributed by atoms with Gasteiger partial charge in [0, 0.05) is 12.6 Å². The Kier molecular flexibility index (Phi) is 3.97. The molecule has 1 aromatic carbocycles. The van der Waals surface area contributed by atoms with E-state index in [4.69, 9.17) is 4.84 Å². The maximum Gasteiger partial charge on any atom is 0.221 e. The Morgan fingerprint density at radius 3 is 2.44 bits per heavy atom. The summed E-state index contributed by atoms with van der Waals surface area (Å²) in [7, 11) is 0. The minimum atomic E-state index is -0.0681. The highest BCUT2D eigenvalue weighted by Crippen LogP contribution is 2.22. The molecule has 1 fully saturated rings. The Morgan fingerprint density at radius 1 is 1.28 bits per heavy atom. The number of carbonyl (C=O) groups is 1. The molecule has 0 heterocycles. The van der Waals surface area contributed by atoms with E-state index in [1.807, 2.05) is 31.2 Å². The Labute approximate surface area is 107 Å². The maximum atomic E-state index is 10.9. The van der Waals surface area contributed by atoms with E-state index < -0.39 is 0 Å². The van der Waals surface area contributed by atoms with Crippen molar-refractivity contribution < 1.29 is 9.63 Å². The van der Waals surface area contributed by atoms with E-state index in [0.717, 1.165) is 29.8 Å². The summed E-state index contributed by atoms with van der Waals surface area (Å²) in [6.45, 7) is 3.42. The number of oxime groups is 1. The summed E-state index contributed by atoms with van der Waals surface area (Å²) in [4.78, 5) is 16.3. The van der Waals surface area contributed by atoms with E-state index in [2.05, 4.69) is 10.5 Å². The van der Waals surface area contributed by atoms with Gasteiger partial charge >= 0.3 is 0 Å². The van der Waals surface area contributed by atoms with Crippen LogP contribution in [0.3, 0.4) is 0 Å². The van der Waals surface area contributed by atoms with Gasteiger partial charge in [-0.15, -0.1) is 0 Å². The first-order valence-electron chi connectivity index (χ1n) is 6.23. The van der Waals surface area contributed by atoms with Gasteiger partial charge in [-0.05, 0) is 43.9 Å². The van der Waals surface area contributed by atoms with Crippen molar-refractivity contribution in [1.29, 1.82) is 0 Å². The molecule has 0 aromatic heterocycles. The fraction of sp³-hybridized carbons (Fsp3) is 0.429. The third-order valence-electron chi connectivity index (χ3n) is 3.01. The normalized spacial score (nSPS) is 16.0. The van der Waals surface area contributed by atoms with Gasteiger partial charge in [-0.1, -0.05) is 17.3 Å². The number of anilines is 1. The second-order valence-corrected chi connectivity index (χ2v) is 4.59. The van der Waals surface area contributed by atoms with Gasteiger partial charge < -0.3 is 10.2 Å². The number of rotatable bonds is 4. The third-order valence-corrected chi connectivity index (χ3v) is 3.01. The van der Waals surface area contributed by atoms with Gasteiger partial charge in [-0.3, -0.25) is 4.79 Å². The molecule has 4 nitrogen and oxygen atoms in total. The molecule has 0 radical (unpaired) electrons. The van der Waals surface area contributed by atoms with Crippen molar-refractivity contribution in [3.63, 3.8) is 0 Å². The van der Waals surface area contributed by atoms with Gasteiger partial charge in [0.15, 0.2) is 0 Å². The van der Waals surface area contributed by atoms with Crippen LogP contribution in [0.5, 0.6) is 0 Å². The largest absolute Gasteiger partial charge is 0.392 e. The van der Waals surface area contributed by atoms with Crippen molar-refractivity contribution in [2.24, 2.45) is 5.16 Å². The van der Waals surface area contributed by atoms with E-state index in [9.17, 15) is 4.79 Å². The molecule has 0 spiro atoms. The maximum absolute atomic E-state index is 10.9. The molecule has 96 valence electrons. The topological polar surface area (TPSA) is 50.7 Å². The highest BCUT2D eigenvalue weighted by Gasteiger charge is 2.18. The fourth-order valence-electron chi connectivity index (χ4n) is 1.68. The van der Waals surface area contributed by atoms with Crippen molar-refractivity contribution in [3.8, 4) is 0 Å². The number of amides is 1. The first-order valence-corrected chi connectivity index (χ1v) is 6.23. The molecule has 18 heavy (non-hydrogen) atoms. The molecule has 0 aliphatic heterocycles. The highest BCUT2D eigenvalue weighted by atomic mass is 16.6. The molecule has 1 amide bonds. The zero-order chi connectivity index (χ0) is 13.0. The van der Waals surface area contributed by atoms with Crippen molar-refractivity contribution in [3.05, 3.63) is 29.8 Å². The number of nitrogens with one attached hydrogen (secondary N) is 1. The Balaban J connectivity index is 1.96. The van der Waals surface area contributed by atoms with E-state index in [1.165, 1.54) is 13.3 Å². The third kappa shape index (κ3) is 3.32. The molecule has 1 saturated carbocycles. The quantitative estimate of drug-likeness (QED) is 0.656. The first kappa shape index (κ1) is 12.6. The van der Waals surface area contributed by atoms with Crippen LogP contribution in [0.1, 0.15) is 38.7 Å². The van der Waals surface area contributed by atoms with E-state index in [0.29, 0.717) is 6.10 Å². The second-order valence-electron chi connectivity index (χ2n) is 4.59. The van der Waals surface area contributed by atoms with Crippen LogP contribution in [0.2, 0.25) is 0 Å². The highest BCUT2D eigenvalue weighted by molar-refractivity contribution is 5.99. The Bertz CT molecular complexity index is 447. The predicted molar refractivity (Wildman–Crippen MR) is 71.7 cm³/mol. The summed E-state index contributed by atoms with van der Waals surface area (Å²) in [5, 5.41) is 6.87. The fourth-order valence-corrected chi connectivity index (χ4v) is 1.68. The molecule has 1 aromatic rings. The van der Waals surface area contributed by atoms with Crippen LogP contribution in [0.25, 0.3) is 0 Å². The lowest BCUT2D eigenvalue weighted by Crippen LogP contribution is -2.19. The van der Waals surface area contributed by atoms with E-state index in [-0.39, 0.29) is 5.91 Å². The van der Waals surface area contributed by atoms with Gasteiger partial charge in [-0.2, -0.15) is 0 Å². The first-order chi connectivity index (χ1) is 8.65. The number of benzene rings is 1. The van der Waals surface area contributed by atoms with Crippen molar-refractivity contribution >= 4 is 17.3 Å². The van der Waals surface area contributed by atoms with Gasteiger partial charge in [0.2, 0.25) is 5.91 Å². The molecule has 1 aliphatic carbocycles. The number of hydrogen-bond donors (Lipinski definition) is 1. The number of hydrogen-bond acceptors (Lipinski definition) is 3. The van der Waals surface area contributed by atoms with Crippen LogP contribution in [-0.2, 0) is 9.63 Å². The van der Waals surface area contributed by atoms with Gasteiger partial charge in [0.05, 0.1) is 5.71 Å². The van der Waals surface area contributed by atoms with E-state index in [1.54, 1.807) is 0 Å². The zero-order valence-corrected chi connectivity index (χ0v) is 10.8. The minimum Gasteiger partial charge on any atom is -0.392 e. The SMILES string of the molecule is CC(=O)Nc1ccc(C(C)=NOC2CCC2)cc1. The van der Waals surface area contributed by atoms with E-state index >= 15 is 0 Å². The molecule has 0 bridgehead atoms. The monoisotopic (exact) mass is 246 g/mol.